The summed E-state index contributed by atoms with van der Waals surface area (Å²) in [5.74, 6) is 2.26. The molecular weight excluding hydrogens is 210 g/mol. The van der Waals surface area contributed by atoms with Gasteiger partial charge in [-0.05, 0) is 24.6 Å². The molecule has 2 nitrogen and oxygen atoms in total. The second kappa shape index (κ2) is 6.65. The molecule has 0 radical (unpaired) electrons. The Bertz CT molecular complexity index is 306. The van der Waals surface area contributed by atoms with Crippen LogP contribution in [0.1, 0.15) is 32.1 Å². The molecule has 0 spiro atoms. The van der Waals surface area contributed by atoms with Crippen LogP contribution in [0.3, 0.4) is 0 Å². The Morgan fingerprint density at radius 3 is 2.47 bits per heavy atom. The van der Waals surface area contributed by atoms with Crippen molar-refractivity contribution >= 4 is 0 Å². The number of rotatable bonds is 5. The van der Waals surface area contributed by atoms with Crippen LogP contribution in [0.4, 0.5) is 0 Å². The summed E-state index contributed by atoms with van der Waals surface area (Å²) in [7, 11) is 0. The molecule has 0 amide bonds. The van der Waals surface area contributed by atoms with E-state index in [0.29, 0.717) is 5.92 Å². The van der Waals surface area contributed by atoms with Gasteiger partial charge in [0, 0.05) is 5.92 Å². The highest BCUT2D eigenvalue weighted by atomic mass is 16.5. The van der Waals surface area contributed by atoms with Crippen LogP contribution in [0.5, 0.6) is 5.75 Å². The van der Waals surface area contributed by atoms with E-state index in [4.69, 9.17) is 10.5 Å². The largest absolute Gasteiger partial charge is 0.493 e. The molecule has 0 heterocycles. The zero-order valence-electron chi connectivity index (χ0n) is 10.5. The third kappa shape index (κ3) is 3.74. The third-order valence-corrected chi connectivity index (χ3v) is 3.83. The van der Waals surface area contributed by atoms with Gasteiger partial charge in [-0.3, -0.25) is 0 Å². The number of nitrogens with two attached hydrogens (primary N) is 1. The molecule has 0 aromatic heterocycles. The molecule has 2 N–H and O–H groups in total. The van der Waals surface area contributed by atoms with Crippen molar-refractivity contribution in [3.8, 4) is 5.75 Å². The van der Waals surface area contributed by atoms with Gasteiger partial charge in [-0.15, -0.1) is 0 Å². The molecule has 17 heavy (non-hydrogen) atoms. The molecule has 1 aliphatic carbocycles. The van der Waals surface area contributed by atoms with E-state index in [9.17, 15) is 0 Å². The summed E-state index contributed by atoms with van der Waals surface area (Å²) in [5.41, 5.74) is 5.89. The molecule has 94 valence electrons. The maximum atomic E-state index is 5.89. The minimum atomic E-state index is 0.524. The molecule has 0 aliphatic heterocycles. The van der Waals surface area contributed by atoms with Crippen molar-refractivity contribution in [1.29, 1.82) is 0 Å². The Labute approximate surface area is 104 Å². The Kier molecular flexibility index (Phi) is 4.87. The predicted octanol–water partition coefficient (Wildman–Crippen LogP) is 3.22. The fourth-order valence-corrected chi connectivity index (χ4v) is 2.72. The van der Waals surface area contributed by atoms with E-state index in [1.165, 1.54) is 32.1 Å². The van der Waals surface area contributed by atoms with Crippen LogP contribution in [0, 0.1) is 11.8 Å². The summed E-state index contributed by atoms with van der Waals surface area (Å²) in [4.78, 5) is 0. The van der Waals surface area contributed by atoms with Gasteiger partial charge < -0.3 is 10.5 Å². The van der Waals surface area contributed by atoms with Crippen LogP contribution in [0.2, 0.25) is 0 Å². The van der Waals surface area contributed by atoms with Gasteiger partial charge in [0.1, 0.15) is 5.75 Å². The summed E-state index contributed by atoms with van der Waals surface area (Å²) in [6.07, 6.45) is 6.80. The first kappa shape index (κ1) is 12.4. The molecule has 1 unspecified atom stereocenters. The van der Waals surface area contributed by atoms with Gasteiger partial charge in [0.15, 0.2) is 0 Å². The first-order valence-electron chi connectivity index (χ1n) is 6.78. The lowest BCUT2D eigenvalue weighted by Gasteiger charge is -2.29. The molecule has 2 heteroatoms. The lowest BCUT2D eigenvalue weighted by atomic mass is 9.80. The third-order valence-electron chi connectivity index (χ3n) is 3.83. The average Bonchev–Trinajstić information content (AvgIpc) is 2.42. The normalized spacial score (nSPS) is 18.9. The predicted molar refractivity (Wildman–Crippen MR) is 71.1 cm³/mol. The molecule has 1 saturated carbocycles. The van der Waals surface area contributed by atoms with Crippen LogP contribution in [-0.2, 0) is 0 Å². The first-order chi connectivity index (χ1) is 8.40. The van der Waals surface area contributed by atoms with E-state index < -0.39 is 0 Å². The maximum absolute atomic E-state index is 5.89. The molecule has 0 saturated heterocycles. The quantitative estimate of drug-likeness (QED) is 0.847. The van der Waals surface area contributed by atoms with Gasteiger partial charge in [0.25, 0.3) is 0 Å². The van der Waals surface area contributed by atoms with Crippen molar-refractivity contribution in [2.45, 2.75) is 32.1 Å². The first-order valence-corrected chi connectivity index (χ1v) is 6.78. The maximum Gasteiger partial charge on any atom is 0.119 e. The molecule has 1 atom stereocenters. The van der Waals surface area contributed by atoms with E-state index in [-0.39, 0.29) is 0 Å². The average molecular weight is 233 g/mol. The van der Waals surface area contributed by atoms with Crippen LogP contribution in [0.25, 0.3) is 0 Å². The highest BCUT2D eigenvalue weighted by molar-refractivity contribution is 5.20. The summed E-state index contributed by atoms with van der Waals surface area (Å²) < 4.78 is 5.83. The number of para-hydroxylation sites is 1. The van der Waals surface area contributed by atoms with Crippen LogP contribution in [0.15, 0.2) is 30.3 Å². The molecule has 0 bridgehead atoms. The number of benzene rings is 1. The number of hydrogen-bond donors (Lipinski definition) is 1. The highest BCUT2D eigenvalue weighted by Gasteiger charge is 2.22. The smallest absolute Gasteiger partial charge is 0.119 e. The second-order valence-corrected chi connectivity index (χ2v) is 5.02. The fraction of sp³-hybridized carbons (Fsp3) is 0.600. The van der Waals surface area contributed by atoms with E-state index in [2.05, 4.69) is 0 Å². The summed E-state index contributed by atoms with van der Waals surface area (Å²) in [6, 6.07) is 10.0. The van der Waals surface area contributed by atoms with Crippen molar-refractivity contribution in [3.63, 3.8) is 0 Å². The van der Waals surface area contributed by atoms with Gasteiger partial charge in [-0.2, -0.15) is 0 Å². The van der Waals surface area contributed by atoms with Crippen molar-refractivity contribution in [2.24, 2.45) is 17.6 Å². The monoisotopic (exact) mass is 233 g/mol. The Morgan fingerprint density at radius 2 is 1.82 bits per heavy atom. The zero-order valence-corrected chi connectivity index (χ0v) is 10.5. The fourth-order valence-electron chi connectivity index (χ4n) is 2.72. The second-order valence-electron chi connectivity index (χ2n) is 5.02. The molecule has 1 fully saturated rings. The van der Waals surface area contributed by atoms with Crippen LogP contribution in [-0.4, -0.2) is 13.2 Å². The van der Waals surface area contributed by atoms with Gasteiger partial charge in [-0.1, -0.05) is 50.3 Å². The molecular formula is C15H23NO. The number of ether oxygens (including phenoxy) is 1. The van der Waals surface area contributed by atoms with Crippen molar-refractivity contribution in [3.05, 3.63) is 30.3 Å². The van der Waals surface area contributed by atoms with Crippen molar-refractivity contribution < 1.29 is 4.74 Å². The molecule has 2 rings (SSSR count). The van der Waals surface area contributed by atoms with E-state index in [1.807, 2.05) is 30.3 Å². The lowest BCUT2D eigenvalue weighted by Crippen LogP contribution is -2.30. The Morgan fingerprint density at radius 1 is 1.12 bits per heavy atom. The van der Waals surface area contributed by atoms with Gasteiger partial charge >= 0.3 is 0 Å². The van der Waals surface area contributed by atoms with Crippen LogP contribution < -0.4 is 10.5 Å². The summed E-state index contributed by atoms with van der Waals surface area (Å²) in [5, 5.41) is 0. The van der Waals surface area contributed by atoms with E-state index >= 15 is 0 Å². The Hall–Kier alpha value is -1.02. The zero-order chi connectivity index (χ0) is 11.9. The molecule has 1 aliphatic rings. The molecule has 1 aromatic carbocycles. The van der Waals surface area contributed by atoms with Gasteiger partial charge in [0.2, 0.25) is 0 Å². The standard InChI is InChI=1S/C15H23NO/c16-11-14(13-7-3-1-4-8-13)12-17-15-9-5-2-6-10-15/h2,5-6,9-10,13-14H,1,3-4,7-8,11-12,16H2. The SMILES string of the molecule is NCC(COc1ccccc1)C1CCCCC1. The summed E-state index contributed by atoms with van der Waals surface area (Å²) in [6.45, 7) is 1.52. The van der Waals surface area contributed by atoms with Gasteiger partial charge in [0.05, 0.1) is 6.61 Å². The summed E-state index contributed by atoms with van der Waals surface area (Å²) >= 11 is 0. The molecule has 1 aromatic rings. The van der Waals surface area contributed by atoms with Crippen LogP contribution >= 0.6 is 0 Å². The topological polar surface area (TPSA) is 35.2 Å². The minimum Gasteiger partial charge on any atom is -0.493 e. The Balaban J connectivity index is 1.82. The highest BCUT2D eigenvalue weighted by Crippen LogP contribution is 2.30. The number of hydrogen-bond acceptors (Lipinski definition) is 2. The van der Waals surface area contributed by atoms with Crippen molar-refractivity contribution in [1.82, 2.24) is 0 Å². The van der Waals surface area contributed by atoms with E-state index in [1.54, 1.807) is 0 Å². The lowest BCUT2D eigenvalue weighted by molar-refractivity contribution is 0.167. The van der Waals surface area contributed by atoms with E-state index in [0.717, 1.165) is 24.8 Å². The minimum absolute atomic E-state index is 0.524. The van der Waals surface area contributed by atoms with Gasteiger partial charge in [-0.25, -0.2) is 0 Å². The van der Waals surface area contributed by atoms with Crippen molar-refractivity contribution in [2.75, 3.05) is 13.2 Å².